The zero-order chi connectivity index (χ0) is 13.5. The number of nitrogens with zero attached hydrogens (tertiary/aromatic N) is 1. The quantitative estimate of drug-likeness (QED) is 0.343. The molecule has 0 spiro atoms. The summed E-state index contributed by atoms with van der Waals surface area (Å²) in [6.07, 6.45) is 2.70. The fourth-order valence-electron chi connectivity index (χ4n) is 1.43. The molecule has 0 bridgehead atoms. The van der Waals surface area contributed by atoms with Crippen LogP contribution in [0.5, 0.6) is 0 Å². The molecule has 0 aliphatic rings. The first kappa shape index (κ1) is 14.4. The van der Waals surface area contributed by atoms with Crippen LogP contribution in [-0.4, -0.2) is 17.5 Å². The van der Waals surface area contributed by atoms with Crippen LogP contribution in [0.25, 0.3) is 0 Å². The molecule has 0 N–H and O–H groups in total. The number of halogens is 1. The van der Waals surface area contributed by atoms with Gasteiger partial charge in [-0.1, -0.05) is 31.4 Å². The number of carbonyl (C=O) groups is 1. The molecule has 6 heteroatoms. The predicted octanol–water partition coefficient (Wildman–Crippen LogP) is 3.60. The van der Waals surface area contributed by atoms with Crippen molar-refractivity contribution in [3.05, 3.63) is 38.9 Å². The van der Waals surface area contributed by atoms with E-state index in [1.165, 1.54) is 18.2 Å². The molecule has 0 unspecified atom stereocenters. The zero-order valence-electron chi connectivity index (χ0n) is 10.0. The van der Waals surface area contributed by atoms with Crippen LogP contribution in [0, 0.1) is 10.1 Å². The summed E-state index contributed by atoms with van der Waals surface area (Å²) in [5, 5.41) is 11.0. The molecule has 0 amide bonds. The van der Waals surface area contributed by atoms with Crippen LogP contribution in [0.4, 0.5) is 5.69 Å². The van der Waals surface area contributed by atoms with Gasteiger partial charge in [0.1, 0.15) is 5.56 Å². The summed E-state index contributed by atoms with van der Waals surface area (Å²) in [5.74, 6) is -0.708. The average molecular weight is 272 g/mol. The van der Waals surface area contributed by atoms with E-state index in [-0.39, 0.29) is 22.9 Å². The van der Waals surface area contributed by atoms with Gasteiger partial charge < -0.3 is 4.74 Å². The van der Waals surface area contributed by atoms with Gasteiger partial charge in [-0.3, -0.25) is 10.1 Å². The Hall–Kier alpha value is -1.62. The van der Waals surface area contributed by atoms with E-state index < -0.39 is 10.9 Å². The Morgan fingerprint density at radius 3 is 2.78 bits per heavy atom. The van der Waals surface area contributed by atoms with Crippen LogP contribution in [0.15, 0.2) is 18.2 Å². The molecule has 98 valence electrons. The minimum atomic E-state index is -0.708. The number of hydrogen-bond donors (Lipinski definition) is 0. The third kappa shape index (κ3) is 4.00. The van der Waals surface area contributed by atoms with Gasteiger partial charge in [0.2, 0.25) is 0 Å². The van der Waals surface area contributed by atoms with Crippen molar-refractivity contribution in [1.29, 1.82) is 0 Å². The fourth-order valence-corrected chi connectivity index (χ4v) is 1.60. The number of carbonyl (C=O) groups excluding carboxylic acids is 1. The molecular formula is C12H14ClNO4. The van der Waals surface area contributed by atoms with Crippen LogP contribution in [0.1, 0.15) is 36.5 Å². The summed E-state index contributed by atoms with van der Waals surface area (Å²) in [6.45, 7) is 2.29. The van der Waals surface area contributed by atoms with Crippen molar-refractivity contribution in [3.63, 3.8) is 0 Å². The van der Waals surface area contributed by atoms with Gasteiger partial charge in [0.25, 0.3) is 5.69 Å². The molecule has 0 fully saturated rings. The number of esters is 1. The molecule has 5 nitrogen and oxygen atoms in total. The maximum absolute atomic E-state index is 11.7. The fraction of sp³-hybridized carbons (Fsp3) is 0.417. The third-order valence-corrected chi connectivity index (χ3v) is 2.59. The van der Waals surface area contributed by atoms with E-state index in [1.54, 1.807) is 0 Å². The molecule has 1 aromatic rings. The van der Waals surface area contributed by atoms with Gasteiger partial charge >= 0.3 is 5.97 Å². The monoisotopic (exact) mass is 271 g/mol. The van der Waals surface area contributed by atoms with E-state index in [4.69, 9.17) is 16.3 Å². The topological polar surface area (TPSA) is 69.4 Å². The van der Waals surface area contributed by atoms with Crippen LogP contribution < -0.4 is 0 Å². The van der Waals surface area contributed by atoms with Crippen LogP contribution >= 0.6 is 11.6 Å². The molecule has 0 aliphatic heterocycles. The van der Waals surface area contributed by atoms with Crippen LogP contribution in [0.3, 0.4) is 0 Å². The minimum absolute atomic E-state index is 0.107. The lowest BCUT2D eigenvalue weighted by Gasteiger charge is -2.05. The van der Waals surface area contributed by atoms with E-state index >= 15 is 0 Å². The van der Waals surface area contributed by atoms with Gasteiger partial charge in [-0.25, -0.2) is 4.79 Å². The smallest absolute Gasteiger partial charge is 0.345 e. The highest BCUT2D eigenvalue weighted by Gasteiger charge is 2.21. The van der Waals surface area contributed by atoms with Crippen molar-refractivity contribution in [2.45, 2.75) is 26.2 Å². The van der Waals surface area contributed by atoms with Crippen molar-refractivity contribution < 1.29 is 14.5 Å². The van der Waals surface area contributed by atoms with Gasteiger partial charge in [-0.15, -0.1) is 0 Å². The Morgan fingerprint density at radius 1 is 1.44 bits per heavy atom. The number of rotatable bonds is 6. The Labute approximate surface area is 110 Å². The second-order valence-corrected chi connectivity index (χ2v) is 4.20. The zero-order valence-corrected chi connectivity index (χ0v) is 10.8. The summed E-state index contributed by atoms with van der Waals surface area (Å²) in [7, 11) is 0. The standard InChI is InChI=1S/C12H14ClNO4/c1-2-3-4-7-18-12(15)10-8-9(13)5-6-11(10)14(16)17/h5-6,8H,2-4,7H2,1H3. The molecule has 1 aromatic carbocycles. The SMILES string of the molecule is CCCCCOC(=O)c1cc(Cl)ccc1[N+](=O)[O-]. The van der Waals surface area contributed by atoms with Crippen LogP contribution in [-0.2, 0) is 4.74 Å². The lowest BCUT2D eigenvalue weighted by Crippen LogP contribution is -2.09. The van der Waals surface area contributed by atoms with Crippen molar-refractivity contribution in [1.82, 2.24) is 0 Å². The molecule has 0 radical (unpaired) electrons. The lowest BCUT2D eigenvalue weighted by molar-refractivity contribution is -0.385. The Bertz CT molecular complexity index is 448. The molecule has 0 aliphatic carbocycles. The van der Waals surface area contributed by atoms with E-state index in [0.29, 0.717) is 0 Å². The van der Waals surface area contributed by atoms with Gasteiger partial charge in [-0.2, -0.15) is 0 Å². The molecule has 18 heavy (non-hydrogen) atoms. The first-order chi connectivity index (χ1) is 8.56. The highest BCUT2D eigenvalue weighted by molar-refractivity contribution is 6.31. The van der Waals surface area contributed by atoms with Crippen LogP contribution in [0.2, 0.25) is 5.02 Å². The molecule has 0 atom stereocenters. The number of nitro benzene ring substituents is 1. The summed E-state index contributed by atoms with van der Waals surface area (Å²) in [4.78, 5) is 21.8. The van der Waals surface area contributed by atoms with E-state index in [2.05, 4.69) is 0 Å². The molecule has 0 saturated carbocycles. The number of ether oxygens (including phenoxy) is 1. The summed E-state index contributed by atoms with van der Waals surface area (Å²) >= 11 is 5.72. The van der Waals surface area contributed by atoms with Crippen molar-refractivity contribution in [3.8, 4) is 0 Å². The third-order valence-electron chi connectivity index (χ3n) is 2.36. The first-order valence-electron chi connectivity index (χ1n) is 5.67. The van der Waals surface area contributed by atoms with E-state index in [9.17, 15) is 14.9 Å². The van der Waals surface area contributed by atoms with Crippen molar-refractivity contribution in [2.24, 2.45) is 0 Å². The molecular weight excluding hydrogens is 258 g/mol. The Morgan fingerprint density at radius 2 is 2.17 bits per heavy atom. The summed E-state index contributed by atoms with van der Waals surface area (Å²) in [5.41, 5.74) is -0.399. The van der Waals surface area contributed by atoms with Crippen molar-refractivity contribution in [2.75, 3.05) is 6.61 Å². The minimum Gasteiger partial charge on any atom is -0.462 e. The summed E-state index contributed by atoms with van der Waals surface area (Å²) in [6, 6.07) is 3.82. The van der Waals surface area contributed by atoms with E-state index in [1.807, 2.05) is 6.92 Å². The highest BCUT2D eigenvalue weighted by atomic mass is 35.5. The van der Waals surface area contributed by atoms with Gasteiger partial charge in [0.05, 0.1) is 11.5 Å². The Balaban J connectivity index is 2.77. The number of unbranched alkanes of at least 4 members (excludes halogenated alkanes) is 2. The van der Waals surface area contributed by atoms with E-state index in [0.717, 1.165) is 19.3 Å². The van der Waals surface area contributed by atoms with Gasteiger partial charge in [0, 0.05) is 11.1 Å². The Kier molecular flexibility index (Phi) is 5.58. The maximum atomic E-state index is 11.7. The lowest BCUT2D eigenvalue weighted by atomic mass is 10.2. The number of hydrogen-bond acceptors (Lipinski definition) is 4. The van der Waals surface area contributed by atoms with Gasteiger partial charge in [0.15, 0.2) is 0 Å². The maximum Gasteiger partial charge on any atom is 0.345 e. The first-order valence-corrected chi connectivity index (χ1v) is 6.05. The molecule has 1 rings (SSSR count). The average Bonchev–Trinajstić information content (AvgIpc) is 2.34. The highest BCUT2D eigenvalue weighted by Crippen LogP contribution is 2.23. The second kappa shape index (κ2) is 6.96. The second-order valence-electron chi connectivity index (χ2n) is 3.76. The normalized spacial score (nSPS) is 10.1. The largest absolute Gasteiger partial charge is 0.462 e. The number of benzene rings is 1. The molecule has 0 aromatic heterocycles. The molecule has 0 saturated heterocycles. The summed E-state index contributed by atoms with van der Waals surface area (Å²) < 4.78 is 4.97. The van der Waals surface area contributed by atoms with Crippen molar-refractivity contribution >= 4 is 23.3 Å². The molecule has 0 heterocycles. The predicted molar refractivity (Wildman–Crippen MR) is 67.9 cm³/mol. The number of nitro groups is 1. The van der Waals surface area contributed by atoms with Gasteiger partial charge in [-0.05, 0) is 18.6 Å².